The SMILES string of the molecule is O[C@@H]1[C@H](OCc2ccccc2)[C@@H]2OC[C@@H](O2)[C@@H]1OCc1ccccc1. The van der Waals surface area contributed by atoms with Crippen LogP contribution in [-0.4, -0.2) is 42.4 Å². The van der Waals surface area contributed by atoms with Crippen molar-refractivity contribution in [3.63, 3.8) is 0 Å². The fourth-order valence-electron chi connectivity index (χ4n) is 3.27. The molecule has 2 fully saturated rings. The standard InChI is InChI=1S/C20H22O5/c21-17-18(22-11-14-7-3-1-4-8-14)16-13-24-20(25-16)19(17)23-12-15-9-5-2-6-10-15/h1-10,16-21H,11-13H2/t16-,17+,18+,19+,20-/m1/s1. The molecule has 5 heteroatoms. The Kier molecular flexibility index (Phi) is 5.10. The Labute approximate surface area is 147 Å². The van der Waals surface area contributed by atoms with Crippen molar-refractivity contribution in [1.29, 1.82) is 0 Å². The van der Waals surface area contributed by atoms with Crippen LogP contribution in [0.1, 0.15) is 11.1 Å². The quantitative estimate of drug-likeness (QED) is 0.873. The van der Waals surface area contributed by atoms with E-state index in [2.05, 4.69) is 0 Å². The maximum absolute atomic E-state index is 10.8. The Morgan fingerprint density at radius 2 is 1.40 bits per heavy atom. The van der Waals surface area contributed by atoms with Crippen LogP contribution in [-0.2, 0) is 32.2 Å². The molecule has 0 amide bonds. The van der Waals surface area contributed by atoms with Gasteiger partial charge in [-0.2, -0.15) is 0 Å². The van der Waals surface area contributed by atoms with Gasteiger partial charge in [-0.1, -0.05) is 60.7 Å². The molecule has 1 N–H and O–H groups in total. The highest BCUT2D eigenvalue weighted by Crippen LogP contribution is 2.32. The van der Waals surface area contributed by atoms with Crippen LogP contribution in [0.4, 0.5) is 0 Å². The second kappa shape index (κ2) is 7.64. The second-order valence-electron chi connectivity index (χ2n) is 6.39. The molecular formula is C20H22O5. The molecule has 4 rings (SSSR count). The Hall–Kier alpha value is -1.76. The Balaban J connectivity index is 1.40. The van der Waals surface area contributed by atoms with E-state index in [1.807, 2.05) is 60.7 Å². The molecule has 0 spiro atoms. The number of fused-ring (bicyclic) bond motifs is 2. The van der Waals surface area contributed by atoms with E-state index in [1.54, 1.807) is 0 Å². The van der Waals surface area contributed by atoms with Gasteiger partial charge in [-0.25, -0.2) is 0 Å². The molecule has 2 aliphatic heterocycles. The molecule has 2 aromatic carbocycles. The summed E-state index contributed by atoms with van der Waals surface area (Å²) >= 11 is 0. The molecule has 2 aliphatic rings. The van der Waals surface area contributed by atoms with Crippen LogP contribution >= 0.6 is 0 Å². The number of aliphatic hydroxyl groups is 1. The monoisotopic (exact) mass is 342 g/mol. The van der Waals surface area contributed by atoms with E-state index >= 15 is 0 Å². The topological polar surface area (TPSA) is 57.2 Å². The number of aliphatic hydroxyl groups excluding tert-OH is 1. The highest BCUT2D eigenvalue weighted by molar-refractivity contribution is 5.14. The van der Waals surface area contributed by atoms with E-state index in [0.717, 1.165) is 11.1 Å². The van der Waals surface area contributed by atoms with Crippen LogP contribution in [0.2, 0.25) is 0 Å². The number of rotatable bonds is 6. The highest BCUT2D eigenvalue weighted by Gasteiger charge is 2.51. The number of benzene rings is 2. The van der Waals surface area contributed by atoms with E-state index in [9.17, 15) is 5.11 Å². The largest absolute Gasteiger partial charge is 0.387 e. The van der Waals surface area contributed by atoms with Crippen molar-refractivity contribution >= 4 is 0 Å². The van der Waals surface area contributed by atoms with Crippen molar-refractivity contribution in [2.24, 2.45) is 0 Å². The summed E-state index contributed by atoms with van der Waals surface area (Å²) in [6.07, 6.45) is -2.64. The summed E-state index contributed by atoms with van der Waals surface area (Å²) in [7, 11) is 0. The molecule has 0 unspecified atom stereocenters. The molecule has 0 saturated carbocycles. The first kappa shape index (κ1) is 16.7. The molecule has 0 aromatic heterocycles. The van der Waals surface area contributed by atoms with Crippen molar-refractivity contribution in [1.82, 2.24) is 0 Å². The van der Waals surface area contributed by atoms with Crippen LogP contribution < -0.4 is 0 Å². The van der Waals surface area contributed by atoms with Crippen molar-refractivity contribution in [2.45, 2.75) is 43.9 Å². The Morgan fingerprint density at radius 3 is 2.00 bits per heavy atom. The van der Waals surface area contributed by atoms with Crippen LogP contribution in [0.3, 0.4) is 0 Å². The zero-order chi connectivity index (χ0) is 17.1. The third kappa shape index (κ3) is 3.76. The van der Waals surface area contributed by atoms with Crippen molar-refractivity contribution in [2.75, 3.05) is 6.61 Å². The van der Waals surface area contributed by atoms with Crippen LogP contribution in [0.5, 0.6) is 0 Å². The summed E-state index contributed by atoms with van der Waals surface area (Å²) in [5, 5.41) is 10.8. The summed E-state index contributed by atoms with van der Waals surface area (Å²) in [5.74, 6) is 0. The predicted octanol–water partition coefficient (Wildman–Crippen LogP) is 2.27. The van der Waals surface area contributed by atoms with Gasteiger partial charge in [0, 0.05) is 0 Å². The third-order valence-corrected chi connectivity index (χ3v) is 4.61. The van der Waals surface area contributed by atoms with Gasteiger partial charge in [-0.05, 0) is 11.1 Å². The first-order valence-electron chi connectivity index (χ1n) is 8.57. The van der Waals surface area contributed by atoms with Crippen molar-refractivity contribution < 1.29 is 24.1 Å². The van der Waals surface area contributed by atoms with Gasteiger partial charge in [-0.3, -0.25) is 0 Å². The summed E-state index contributed by atoms with van der Waals surface area (Å²) in [5.41, 5.74) is 2.09. The average Bonchev–Trinajstić information content (AvgIpc) is 3.09. The van der Waals surface area contributed by atoms with E-state index in [-0.39, 0.29) is 6.10 Å². The maximum Gasteiger partial charge on any atom is 0.187 e. The molecule has 25 heavy (non-hydrogen) atoms. The lowest BCUT2D eigenvalue weighted by molar-refractivity contribution is -0.255. The van der Waals surface area contributed by atoms with Gasteiger partial charge in [0.25, 0.3) is 0 Å². The number of hydrogen-bond donors (Lipinski definition) is 1. The van der Waals surface area contributed by atoms with Gasteiger partial charge in [0.05, 0.1) is 19.8 Å². The highest BCUT2D eigenvalue weighted by atomic mass is 16.8. The lowest BCUT2D eigenvalue weighted by atomic mass is 10.0. The molecule has 5 atom stereocenters. The van der Waals surface area contributed by atoms with E-state index < -0.39 is 24.6 Å². The van der Waals surface area contributed by atoms with Crippen molar-refractivity contribution in [3.8, 4) is 0 Å². The second-order valence-corrected chi connectivity index (χ2v) is 6.39. The fourth-order valence-corrected chi connectivity index (χ4v) is 3.27. The molecule has 2 aromatic rings. The van der Waals surface area contributed by atoms with Crippen molar-refractivity contribution in [3.05, 3.63) is 71.8 Å². The Bertz CT molecular complexity index is 605. The lowest BCUT2D eigenvalue weighted by Crippen LogP contribution is -2.55. The van der Waals surface area contributed by atoms with E-state index in [0.29, 0.717) is 19.8 Å². The molecule has 5 nitrogen and oxygen atoms in total. The van der Waals surface area contributed by atoms with Crippen LogP contribution in [0, 0.1) is 0 Å². The van der Waals surface area contributed by atoms with Gasteiger partial charge < -0.3 is 24.1 Å². The first-order chi connectivity index (χ1) is 12.3. The molecule has 132 valence electrons. The third-order valence-electron chi connectivity index (χ3n) is 4.61. The zero-order valence-electron chi connectivity index (χ0n) is 13.9. The molecule has 2 bridgehead atoms. The predicted molar refractivity (Wildman–Crippen MR) is 90.7 cm³/mol. The average molecular weight is 342 g/mol. The minimum Gasteiger partial charge on any atom is -0.387 e. The summed E-state index contributed by atoms with van der Waals surface area (Å²) in [6.45, 7) is 1.22. The zero-order valence-corrected chi connectivity index (χ0v) is 13.9. The van der Waals surface area contributed by atoms with Gasteiger partial charge in [0.1, 0.15) is 24.4 Å². The molecule has 0 aliphatic carbocycles. The minimum atomic E-state index is -0.793. The van der Waals surface area contributed by atoms with E-state index in [1.165, 1.54) is 0 Å². The minimum absolute atomic E-state index is 0.264. The number of hydrogen-bond acceptors (Lipinski definition) is 5. The van der Waals surface area contributed by atoms with Crippen LogP contribution in [0.15, 0.2) is 60.7 Å². The van der Waals surface area contributed by atoms with Gasteiger partial charge in [0.15, 0.2) is 6.29 Å². The Morgan fingerprint density at radius 1 is 0.840 bits per heavy atom. The van der Waals surface area contributed by atoms with Gasteiger partial charge in [-0.15, -0.1) is 0 Å². The molecular weight excluding hydrogens is 320 g/mol. The van der Waals surface area contributed by atoms with Crippen LogP contribution in [0.25, 0.3) is 0 Å². The lowest BCUT2D eigenvalue weighted by Gasteiger charge is -2.37. The molecule has 2 heterocycles. The summed E-state index contributed by atoms with van der Waals surface area (Å²) in [6, 6.07) is 19.7. The fraction of sp³-hybridized carbons (Fsp3) is 0.400. The maximum atomic E-state index is 10.8. The summed E-state index contributed by atoms with van der Waals surface area (Å²) < 4.78 is 23.4. The van der Waals surface area contributed by atoms with Gasteiger partial charge >= 0.3 is 0 Å². The smallest absolute Gasteiger partial charge is 0.187 e. The molecule has 0 radical (unpaired) electrons. The van der Waals surface area contributed by atoms with Gasteiger partial charge in [0.2, 0.25) is 0 Å². The number of ether oxygens (including phenoxy) is 4. The normalized spacial score (nSPS) is 31.2. The summed E-state index contributed by atoms with van der Waals surface area (Å²) in [4.78, 5) is 0. The first-order valence-corrected chi connectivity index (χ1v) is 8.57. The molecule has 2 saturated heterocycles. The van der Waals surface area contributed by atoms with E-state index in [4.69, 9.17) is 18.9 Å².